The number of nitrogens with zero attached hydrogens (tertiary/aromatic N) is 1. The normalized spacial score (nSPS) is 11.2. The van der Waals surface area contributed by atoms with Crippen LogP contribution in [0.2, 0.25) is 5.02 Å². The lowest BCUT2D eigenvalue weighted by Crippen LogP contribution is -1.97. The minimum Gasteiger partial charge on any atom is -0.347 e. The van der Waals surface area contributed by atoms with Gasteiger partial charge in [-0.15, -0.1) is 0 Å². The topological polar surface area (TPSA) is 22.0 Å². The van der Waals surface area contributed by atoms with Gasteiger partial charge < -0.3 is 9.36 Å². The van der Waals surface area contributed by atoms with Crippen molar-refractivity contribution in [3.05, 3.63) is 34.0 Å². The van der Waals surface area contributed by atoms with Gasteiger partial charge in [0.1, 0.15) is 5.78 Å². The summed E-state index contributed by atoms with van der Waals surface area (Å²) in [6, 6.07) is 4.00. The highest BCUT2D eigenvalue weighted by Crippen LogP contribution is 2.32. The number of carbonyl (C=O) groups is 1. The van der Waals surface area contributed by atoms with Crippen LogP contribution in [-0.4, -0.2) is 10.4 Å². The lowest BCUT2D eigenvalue weighted by Gasteiger charge is -2.03. The summed E-state index contributed by atoms with van der Waals surface area (Å²) in [7, 11) is 2.05. The molecular formula is C15H18ClNO. The van der Waals surface area contributed by atoms with Gasteiger partial charge in [0.25, 0.3) is 0 Å². The quantitative estimate of drug-likeness (QED) is 0.821. The number of hydrogen-bond acceptors (Lipinski definition) is 1. The van der Waals surface area contributed by atoms with Crippen LogP contribution < -0.4 is 0 Å². The van der Waals surface area contributed by atoms with Gasteiger partial charge in [0, 0.05) is 29.6 Å². The Kier molecular flexibility index (Phi) is 3.49. The first-order valence-corrected chi connectivity index (χ1v) is 6.53. The van der Waals surface area contributed by atoms with Gasteiger partial charge in [0.15, 0.2) is 0 Å². The summed E-state index contributed by atoms with van der Waals surface area (Å²) < 4.78 is 2.17. The fourth-order valence-electron chi connectivity index (χ4n) is 2.53. The maximum atomic E-state index is 11.2. The number of ketones is 1. The molecule has 0 bridgehead atoms. The van der Waals surface area contributed by atoms with Crippen LogP contribution in [0.25, 0.3) is 10.9 Å². The Bertz CT molecular complexity index is 625. The van der Waals surface area contributed by atoms with E-state index in [4.69, 9.17) is 11.6 Å². The number of hydrogen-bond donors (Lipinski definition) is 0. The minimum absolute atomic E-state index is 0.233. The van der Waals surface area contributed by atoms with Crippen molar-refractivity contribution in [1.82, 2.24) is 4.57 Å². The van der Waals surface area contributed by atoms with Crippen LogP contribution in [0.3, 0.4) is 0 Å². The van der Waals surface area contributed by atoms with E-state index >= 15 is 0 Å². The number of aryl methyl sites for hydroxylation is 3. The smallest absolute Gasteiger partial charge is 0.130 e. The predicted octanol–water partition coefficient (Wildman–Crippen LogP) is 3.97. The van der Waals surface area contributed by atoms with Gasteiger partial charge >= 0.3 is 0 Å². The Morgan fingerprint density at radius 1 is 1.33 bits per heavy atom. The lowest BCUT2D eigenvalue weighted by atomic mass is 10.0. The molecule has 0 aliphatic rings. The van der Waals surface area contributed by atoms with Crippen LogP contribution in [0.5, 0.6) is 0 Å². The number of fused-ring (bicyclic) bond motifs is 1. The third-order valence-corrected chi connectivity index (χ3v) is 4.10. The maximum absolute atomic E-state index is 11.2. The zero-order valence-electron chi connectivity index (χ0n) is 11.3. The number of rotatable bonds is 3. The van der Waals surface area contributed by atoms with Gasteiger partial charge in [0.2, 0.25) is 0 Å². The molecule has 1 heterocycles. The summed E-state index contributed by atoms with van der Waals surface area (Å²) in [6.45, 7) is 5.78. The molecule has 0 N–H and O–H groups in total. The van der Waals surface area contributed by atoms with Gasteiger partial charge in [-0.25, -0.2) is 0 Å². The number of aromatic nitrogens is 1. The third-order valence-electron chi connectivity index (χ3n) is 3.69. The van der Waals surface area contributed by atoms with E-state index in [1.807, 2.05) is 13.0 Å². The molecule has 3 heteroatoms. The van der Waals surface area contributed by atoms with Crippen molar-refractivity contribution in [2.24, 2.45) is 7.05 Å². The van der Waals surface area contributed by atoms with Crippen LogP contribution in [0.15, 0.2) is 12.1 Å². The van der Waals surface area contributed by atoms with Crippen molar-refractivity contribution in [1.29, 1.82) is 0 Å². The van der Waals surface area contributed by atoms with Crippen molar-refractivity contribution < 1.29 is 4.79 Å². The van der Waals surface area contributed by atoms with Crippen molar-refractivity contribution in [3.63, 3.8) is 0 Å². The second-order valence-electron chi connectivity index (χ2n) is 4.89. The zero-order chi connectivity index (χ0) is 13.4. The van der Waals surface area contributed by atoms with Crippen molar-refractivity contribution in [2.75, 3.05) is 0 Å². The van der Waals surface area contributed by atoms with Crippen molar-refractivity contribution >= 4 is 28.3 Å². The molecule has 2 nitrogen and oxygen atoms in total. The van der Waals surface area contributed by atoms with E-state index in [0.717, 1.165) is 17.0 Å². The highest BCUT2D eigenvalue weighted by atomic mass is 35.5. The third kappa shape index (κ3) is 2.05. The van der Waals surface area contributed by atoms with E-state index in [9.17, 15) is 4.79 Å². The first-order valence-electron chi connectivity index (χ1n) is 6.16. The molecule has 0 saturated heterocycles. The van der Waals surface area contributed by atoms with E-state index in [1.54, 1.807) is 6.92 Å². The molecule has 1 aromatic carbocycles. The Morgan fingerprint density at radius 2 is 2.00 bits per heavy atom. The van der Waals surface area contributed by atoms with E-state index in [-0.39, 0.29) is 5.78 Å². The van der Waals surface area contributed by atoms with E-state index in [0.29, 0.717) is 6.42 Å². The second-order valence-corrected chi connectivity index (χ2v) is 5.30. The molecule has 0 aliphatic heterocycles. The Morgan fingerprint density at radius 3 is 2.61 bits per heavy atom. The van der Waals surface area contributed by atoms with Gasteiger partial charge in [0.05, 0.1) is 5.52 Å². The summed E-state index contributed by atoms with van der Waals surface area (Å²) >= 11 is 6.18. The van der Waals surface area contributed by atoms with Crippen LogP contribution in [0.1, 0.15) is 30.2 Å². The summed E-state index contributed by atoms with van der Waals surface area (Å²) in [5.74, 6) is 0.233. The van der Waals surface area contributed by atoms with Crippen LogP contribution >= 0.6 is 11.6 Å². The molecule has 0 unspecified atom stereocenters. The van der Waals surface area contributed by atoms with Gasteiger partial charge in [-0.2, -0.15) is 0 Å². The first kappa shape index (κ1) is 13.2. The minimum atomic E-state index is 0.233. The molecule has 96 valence electrons. The molecule has 0 fully saturated rings. The molecule has 0 atom stereocenters. The average molecular weight is 264 g/mol. The molecular weight excluding hydrogens is 246 g/mol. The Labute approximate surface area is 113 Å². The Hall–Kier alpha value is -1.28. The average Bonchev–Trinajstić information content (AvgIpc) is 2.55. The molecule has 0 spiro atoms. The SMILES string of the molecule is CC(=O)CCc1c(C)n(C)c2c(C)c(Cl)ccc12. The van der Waals surface area contributed by atoms with Crippen LogP contribution in [0.4, 0.5) is 0 Å². The number of benzene rings is 1. The monoisotopic (exact) mass is 263 g/mol. The van der Waals surface area contributed by atoms with E-state index in [2.05, 4.69) is 24.6 Å². The van der Waals surface area contributed by atoms with Gasteiger partial charge in [-0.1, -0.05) is 17.7 Å². The van der Waals surface area contributed by atoms with E-state index in [1.165, 1.54) is 22.2 Å². The summed E-state index contributed by atoms with van der Waals surface area (Å²) in [5, 5.41) is 2.01. The largest absolute Gasteiger partial charge is 0.347 e. The van der Waals surface area contributed by atoms with Gasteiger partial charge in [-0.3, -0.25) is 0 Å². The molecule has 2 rings (SSSR count). The van der Waals surface area contributed by atoms with Crippen molar-refractivity contribution in [2.45, 2.75) is 33.6 Å². The summed E-state index contributed by atoms with van der Waals surface area (Å²) in [6.07, 6.45) is 1.40. The summed E-state index contributed by atoms with van der Waals surface area (Å²) in [5.41, 5.74) is 4.77. The fourth-order valence-corrected chi connectivity index (χ4v) is 2.69. The maximum Gasteiger partial charge on any atom is 0.130 e. The number of carbonyl (C=O) groups excluding carboxylic acids is 1. The van der Waals surface area contributed by atoms with Crippen LogP contribution in [-0.2, 0) is 18.3 Å². The number of Topliss-reactive ketones (excluding diaryl/α,β-unsaturated/α-hetero) is 1. The fraction of sp³-hybridized carbons (Fsp3) is 0.400. The molecule has 0 radical (unpaired) electrons. The summed E-state index contributed by atoms with van der Waals surface area (Å²) in [4.78, 5) is 11.2. The zero-order valence-corrected chi connectivity index (χ0v) is 12.1. The molecule has 18 heavy (non-hydrogen) atoms. The molecule has 0 amide bonds. The van der Waals surface area contributed by atoms with Crippen LogP contribution in [0, 0.1) is 13.8 Å². The molecule has 2 aromatic rings. The van der Waals surface area contributed by atoms with Gasteiger partial charge in [-0.05, 0) is 44.4 Å². The predicted molar refractivity (Wildman–Crippen MR) is 76.4 cm³/mol. The first-order chi connectivity index (χ1) is 8.43. The highest BCUT2D eigenvalue weighted by molar-refractivity contribution is 6.32. The highest BCUT2D eigenvalue weighted by Gasteiger charge is 2.15. The second kappa shape index (κ2) is 4.77. The number of halogens is 1. The molecule has 0 aliphatic carbocycles. The standard InChI is InChI=1S/C15H18ClNO/c1-9(18)5-6-12-11(3)17(4)15-10(2)14(16)8-7-13(12)15/h7-8H,5-6H2,1-4H3. The lowest BCUT2D eigenvalue weighted by molar-refractivity contribution is -0.116. The molecule has 1 aromatic heterocycles. The van der Waals surface area contributed by atoms with Crippen molar-refractivity contribution in [3.8, 4) is 0 Å². The Balaban J connectivity index is 2.64. The molecule has 0 saturated carbocycles. The van der Waals surface area contributed by atoms with E-state index < -0.39 is 0 Å².